The van der Waals surface area contributed by atoms with E-state index < -0.39 is 21.3 Å². The number of benzene rings is 2. The Labute approximate surface area is 214 Å². The van der Waals surface area contributed by atoms with Crippen molar-refractivity contribution in [1.82, 2.24) is 14.5 Å². The highest BCUT2D eigenvalue weighted by atomic mass is 35.5. The first-order valence-corrected chi connectivity index (χ1v) is 13.4. The minimum Gasteiger partial charge on any atom is -0.486 e. The summed E-state index contributed by atoms with van der Waals surface area (Å²) in [5, 5.41) is 3.35. The smallest absolute Gasteiger partial charge is 0.243 e. The third-order valence-electron chi connectivity index (χ3n) is 6.96. The fourth-order valence-corrected chi connectivity index (χ4v) is 6.72. The number of hydrogen-bond acceptors (Lipinski definition) is 6. The molecule has 1 amide bonds. The van der Waals surface area contributed by atoms with Crippen molar-refractivity contribution in [3.8, 4) is 11.5 Å². The fraction of sp³-hybridized carbons (Fsp3) is 0.400. The lowest BCUT2D eigenvalue weighted by Gasteiger charge is -2.34. The quantitative estimate of drug-likeness (QED) is 0.572. The Morgan fingerprint density at radius 1 is 1.06 bits per heavy atom. The Hall–Kier alpha value is -2.66. The molecule has 0 aliphatic carbocycles. The molecule has 0 spiro atoms. The van der Waals surface area contributed by atoms with Crippen molar-refractivity contribution >= 4 is 27.5 Å². The van der Waals surface area contributed by atoms with Crippen molar-refractivity contribution in [2.45, 2.75) is 17.2 Å². The number of halogens is 2. The molecule has 3 heterocycles. The molecule has 0 fully saturated rings. The van der Waals surface area contributed by atoms with Gasteiger partial charge in [0.2, 0.25) is 15.9 Å². The number of nitrogens with one attached hydrogen (secondary N) is 1. The van der Waals surface area contributed by atoms with Crippen molar-refractivity contribution in [2.75, 3.05) is 53.0 Å². The number of hydrogen-bond donors (Lipinski definition) is 1. The van der Waals surface area contributed by atoms with Gasteiger partial charge >= 0.3 is 0 Å². The first-order valence-electron chi connectivity index (χ1n) is 11.6. The van der Waals surface area contributed by atoms with E-state index in [1.54, 1.807) is 24.9 Å². The number of ether oxygens (including phenoxy) is 2. The topological polar surface area (TPSA) is 88.2 Å². The van der Waals surface area contributed by atoms with Crippen LogP contribution in [0.15, 0.2) is 52.4 Å². The normalized spacial score (nSPS) is 19.4. The van der Waals surface area contributed by atoms with Crippen LogP contribution in [0.4, 0.5) is 4.39 Å². The van der Waals surface area contributed by atoms with Crippen LogP contribution in [0.1, 0.15) is 12.5 Å². The maximum atomic E-state index is 14.8. The largest absolute Gasteiger partial charge is 0.486 e. The summed E-state index contributed by atoms with van der Waals surface area (Å²) in [6.07, 6.45) is 0. The number of sulfonamides is 1. The first kappa shape index (κ1) is 25.0. The van der Waals surface area contributed by atoms with Gasteiger partial charge in [-0.05, 0) is 55.4 Å². The Kier molecular flexibility index (Phi) is 6.48. The van der Waals surface area contributed by atoms with E-state index in [-0.39, 0.29) is 36.0 Å². The molecule has 8 nitrogen and oxygen atoms in total. The number of carbonyl (C=O) groups is 1. The van der Waals surface area contributed by atoms with Gasteiger partial charge in [-0.15, -0.1) is 0 Å². The number of carbonyl (C=O) groups excluding carboxylic acids is 1. The van der Waals surface area contributed by atoms with E-state index in [4.69, 9.17) is 21.1 Å². The van der Waals surface area contributed by atoms with Crippen molar-refractivity contribution in [3.05, 3.63) is 63.9 Å². The second-order valence-electron chi connectivity index (χ2n) is 9.43. The van der Waals surface area contributed by atoms with Gasteiger partial charge in [-0.3, -0.25) is 4.79 Å². The van der Waals surface area contributed by atoms with Crippen molar-refractivity contribution in [1.29, 1.82) is 0 Å². The predicted molar refractivity (Wildman–Crippen MR) is 132 cm³/mol. The molecule has 0 bridgehead atoms. The molecule has 11 heteroatoms. The SMILES string of the molecule is CNCC(C)(C(=O)N1CC2=C(C1)CN(S(=O)(=O)c1ccc3c(c1)OCCO3)C2)c1cc(Cl)ccc1F. The van der Waals surface area contributed by atoms with Crippen LogP contribution >= 0.6 is 11.6 Å². The molecule has 192 valence electrons. The summed E-state index contributed by atoms with van der Waals surface area (Å²) in [6, 6.07) is 8.83. The number of fused-ring (bicyclic) bond motifs is 1. The third-order valence-corrected chi connectivity index (χ3v) is 8.98. The summed E-state index contributed by atoms with van der Waals surface area (Å²) in [7, 11) is -2.06. The maximum absolute atomic E-state index is 14.8. The molecule has 36 heavy (non-hydrogen) atoms. The van der Waals surface area contributed by atoms with Crippen molar-refractivity contribution in [2.24, 2.45) is 0 Å². The standard InChI is InChI=1S/C25H27ClFN3O5S/c1-25(15-28-2,20-9-18(26)3-5-21(20)27)24(31)29-11-16-13-30(14-17(16)12-29)36(32,33)19-4-6-22-23(10-19)35-8-7-34-22/h3-6,9-10,28H,7-8,11-15H2,1-2H3. The molecule has 5 rings (SSSR count). The van der Waals surface area contributed by atoms with Gasteiger partial charge in [0.25, 0.3) is 0 Å². The van der Waals surface area contributed by atoms with E-state index in [9.17, 15) is 17.6 Å². The van der Waals surface area contributed by atoms with Crippen LogP contribution in [0.5, 0.6) is 11.5 Å². The van der Waals surface area contributed by atoms with Gasteiger partial charge in [-0.1, -0.05) is 11.6 Å². The van der Waals surface area contributed by atoms with Gasteiger partial charge in [0, 0.05) is 49.4 Å². The second-order valence-corrected chi connectivity index (χ2v) is 11.8. The lowest BCUT2D eigenvalue weighted by molar-refractivity contribution is -0.135. The minimum absolute atomic E-state index is 0.138. The maximum Gasteiger partial charge on any atom is 0.243 e. The Morgan fingerprint density at radius 2 is 1.72 bits per heavy atom. The Bertz CT molecular complexity index is 1350. The number of nitrogens with zero attached hydrogens (tertiary/aromatic N) is 2. The van der Waals surface area contributed by atoms with Gasteiger partial charge in [0.05, 0.1) is 10.3 Å². The number of amides is 1. The molecule has 0 radical (unpaired) electrons. The molecule has 0 saturated heterocycles. The van der Waals surface area contributed by atoms with E-state index in [1.807, 2.05) is 0 Å². The molecule has 0 aromatic heterocycles. The number of likely N-dealkylation sites (N-methyl/N-ethyl adjacent to an activating group) is 1. The molecule has 2 aromatic carbocycles. The van der Waals surface area contributed by atoms with Crippen LogP contribution in [-0.4, -0.2) is 76.5 Å². The molecule has 3 aliphatic heterocycles. The summed E-state index contributed by atoms with van der Waals surface area (Å²) in [4.78, 5) is 15.5. The van der Waals surface area contributed by atoms with Crippen LogP contribution in [-0.2, 0) is 20.2 Å². The molecular formula is C25H27ClFN3O5S. The van der Waals surface area contributed by atoms with Crippen LogP contribution in [0.25, 0.3) is 0 Å². The zero-order valence-corrected chi connectivity index (χ0v) is 21.6. The summed E-state index contributed by atoms with van der Waals surface area (Å²) >= 11 is 6.12. The highest BCUT2D eigenvalue weighted by molar-refractivity contribution is 7.89. The third kappa shape index (κ3) is 4.26. The van der Waals surface area contributed by atoms with Crippen LogP contribution in [0.3, 0.4) is 0 Å². The highest BCUT2D eigenvalue weighted by Crippen LogP contribution is 2.37. The van der Waals surface area contributed by atoms with Crippen LogP contribution in [0, 0.1) is 5.82 Å². The van der Waals surface area contributed by atoms with E-state index >= 15 is 0 Å². The Morgan fingerprint density at radius 3 is 2.39 bits per heavy atom. The van der Waals surface area contributed by atoms with Gasteiger partial charge in [-0.2, -0.15) is 4.31 Å². The fourth-order valence-electron chi connectivity index (χ4n) is 5.10. The first-order chi connectivity index (χ1) is 17.1. The predicted octanol–water partition coefficient (Wildman–Crippen LogP) is 2.57. The minimum atomic E-state index is -3.76. The average Bonchev–Trinajstić information content (AvgIpc) is 3.45. The molecule has 0 saturated carbocycles. The van der Waals surface area contributed by atoms with E-state index in [1.165, 1.54) is 34.6 Å². The van der Waals surface area contributed by atoms with Gasteiger partial charge < -0.3 is 19.7 Å². The molecule has 1 N–H and O–H groups in total. The zero-order valence-electron chi connectivity index (χ0n) is 20.0. The van der Waals surface area contributed by atoms with Crippen LogP contribution < -0.4 is 14.8 Å². The van der Waals surface area contributed by atoms with E-state index in [0.717, 1.165) is 11.1 Å². The zero-order chi connectivity index (χ0) is 25.7. The van der Waals surface area contributed by atoms with Crippen molar-refractivity contribution in [3.63, 3.8) is 0 Å². The summed E-state index contributed by atoms with van der Waals surface area (Å²) in [6.45, 7) is 3.69. The Balaban J connectivity index is 1.32. The average molecular weight is 536 g/mol. The van der Waals surface area contributed by atoms with Gasteiger partial charge in [0.15, 0.2) is 11.5 Å². The van der Waals surface area contributed by atoms with E-state index in [0.29, 0.717) is 42.8 Å². The number of rotatable bonds is 6. The lowest BCUT2D eigenvalue weighted by Crippen LogP contribution is -2.50. The van der Waals surface area contributed by atoms with Crippen molar-refractivity contribution < 1.29 is 27.1 Å². The second kappa shape index (κ2) is 9.33. The summed E-state index contributed by atoms with van der Waals surface area (Å²) in [5.74, 6) is 0.198. The molecule has 1 unspecified atom stereocenters. The molecule has 1 atom stereocenters. The van der Waals surface area contributed by atoms with Gasteiger partial charge in [-0.25, -0.2) is 12.8 Å². The molecule has 3 aliphatic rings. The van der Waals surface area contributed by atoms with Gasteiger partial charge in [0.1, 0.15) is 19.0 Å². The monoisotopic (exact) mass is 535 g/mol. The lowest BCUT2D eigenvalue weighted by atomic mass is 9.80. The molecule has 2 aromatic rings. The highest BCUT2D eigenvalue weighted by Gasteiger charge is 2.44. The van der Waals surface area contributed by atoms with Crippen LogP contribution in [0.2, 0.25) is 5.02 Å². The summed E-state index contributed by atoms with van der Waals surface area (Å²) in [5.41, 5.74) is 0.829. The summed E-state index contributed by atoms with van der Waals surface area (Å²) < 4.78 is 53.8. The molecular weight excluding hydrogens is 509 g/mol. The van der Waals surface area contributed by atoms with E-state index in [2.05, 4.69) is 5.32 Å².